The second-order valence-corrected chi connectivity index (χ2v) is 12.5. The maximum atomic E-state index is 13.2. The van der Waals surface area contributed by atoms with Crippen LogP contribution in [0.5, 0.6) is 5.75 Å². The van der Waals surface area contributed by atoms with Gasteiger partial charge in [-0.1, -0.05) is 41.9 Å². The van der Waals surface area contributed by atoms with Crippen LogP contribution in [0.25, 0.3) is 5.57 Å². The van der Waals surface area contributed by atoms with Crippen LogP contribution >= 0.6 is 11.6 Å². The Kier molecular flexibility index (Phi) is 9.21. The quantitative estimate of drug-likeness (QED) is 0.320. The smallest absolute Gasteiger partial charge is 0.318 e. The number of pyridine rings is 1. The molecule has 7 nitrogen and oxygen atoms in total. The number of aromatic nitrogens is 1. The first-order valence-corrected chi connectivity index (χ1v) is 15.1. The number of fused-ring (bicyclic) bond motifs is 2. The molecule has 42 heavy (non-hydrogen) atoms. The van der Waals surface area contributed by atoms with E-state index in [2.05, 4.69) is 27.3 Å². The van der Waals surface area contributed by atoms with Crippen LogP contribution in [0.1, 0.15) is 68.5 Å². The van der Waals surface area contributed by atoms with Crippen molar-refractivity contribution in [2.45, 2.75) is 71.4 Å². The number of halogens is 1. The number of ether oxygens (including phenoxy) is 1. The van der Waals surface area contributed by atoms with Crippen molar-refractivity contribution in [1.29, 1.82) is 0 Å². The predicted molar refractivity (Wildman–Crippen MR) is 167 cm³/mol. The number of hydrogen-bond donors (Lipinski definition) is 2. The van der Waals surface area contributed by atoms with E-state index in [0.29, 0.717) is 18.2 Å². The molecule has 3 aromatic rings. The van der Waals surface area contributed by atoms with E-state index in [9.17, 15) is 9.90 Å². The first-order chi connectivity index (χ1) is 20.1. The molecule has 2 N–H and O–H groups in total. The highest BCUT2D eigenvalue weighted by Crippen LogP contribution is 2.38. The molecule has 2 aliphatic rings. The number of carbonyl (C=O) groups is 1. The zero-order valence-corrected chi connectivity index (χ0v) is 25.7. The van der Waals surface area contributed by atoms with Crippen molar-refractivity contribution in [3.05, 3.63) is 99.8 Å². The average Bonchev–Trinajstić information content (AvgIpc) is 3.35. The van der Waals surface area contributed by atoms with Crippen LogP contribution in [0.2, 0.25) is 5.02 Å². The van der Waals surface area contributed by atoms with Crippen LogP contribution < -0.4 is 10.1 Å². The molecule has 1 atom stereocenters. The van der Waals surface area contributed by atoms with Gasteiger partial charge < -0.3 is 25.0 Å². The Balaban J connectivity index is 1.33. The fourth-order valence-electron chi connectivity index (χ4n) is 5.70. The minimum Gasteiger partial charge on any atom is -0.487 e. The monoisotopic (exact) mass is 588 g/mol. The number of nitrogens with one attached hydrogen (secondary N) is 1. The second kappa shape index (κ2) is 12.9. The maximum Gasteiger partial charge on any atom is 0.318 e. The molecular weight excluding hydrogens is 548 g/mol. The van der Waals surface area contributed by atoms with E-state index in [1.54, 1.807) is 20.0 Å². The molecule has 2 aliphatic heterocycles. The Hall–Kier alpha value is -3.39. The molecule has 2 aromatic carbocycles. The lowest BCUT2D eigenvalue weighted by atomic mass is 9.90. The summed E-state index contributed by atoms with van der Waals surface area (Å²) in [5.74, 6) is 0.794. The summed E-state index contributed by atoms with van der Waals surface area (Å²) in [6.45, 7) is 11.1. The topological polar surface area (TPSA) is 77.9 Å². The number of hydrogen-bond acceptors (Lipinski definition) is 5. The molecule has 0 aliphatic carbocycles. The van der Waals surface area contributed by atoms with Crippen molar-refractivity contribution in [2.24, 2.45) is 0 Å². The second-order valence-electron chi connectivity index (χ2n) is 12.1. The van der Waals surface area contributed by atoms with Crippen LogP contribution in [-0.2, 0) is 18.8 Å². The van der Waals surface area contributed by atoms with Crippen LogP contribution in [0, 0.1) is 0 Å². The first-order valence-electron chi connectivity index (χ1n) is 14.8. The van der Waals surface area contributed by atoms with Crippen molar-refractivity contribution in [2.75, 3.05) is 19.6 Å². The van der Waals surface area contributed by atoms with Crippen LogP contribution in [0.4, 0.5) is 4.79 Å². The molecular formula is C34H41ClN4O3. The fraction of sp³-hybridized carbons (Fsp3) is 0.412. The van der Waals surface area contributed by atoms with E-state index < -0.39 is 5.60 Å². The molecule has 5 rings (SSSR count). The molecule has 1 aromatic heterocycles. The summed E-state index contributed by atoms with van der Waals surface area (Å²) in [5, 5.41) is 14.5. The van der Waals surface area contributed by atoms with Gasteiger partial charge in [-0.25, -0.2) is 4.79 Å². The standard InChI is InChI=1S/C34H41ClN4O3/c1-23(2)37-33(40)39(20-24-9-12-26(35)13-10-24)27-15-18-38(21-27)17-6-8-28-29-7-5-16-36-31(29)22-42-32-14-11-25(19-30(28)32)34(3,4)41/h5,7-14,16,19,23,27,41H,6,15,17-18,20-22H2,1-4H3,(H,37,40). The lowest BCUT2D eigenvalue weighted by Crippen LogP contribution is -2.48. The van der Waals surface area contributed by atoms with Crippen molar-refractivity contribution < 1.29 is 14.6 Å². The number of likely N-dealkylation sites (tertiary alicyclic amines) is 1. The summed E-state index contributed by atoms with van der Waals surface area (Å²) >= 11 is 6.10. The Morgan fingerprint density at radius 3 is 2.74 bits per heavy atom. The largest absolute Gasteiger partial charge is 0.487 e. The number of carbonyl (C=O) groups excluding carboxylic acids is 1. The summed E-state index contributed by atoms with van der Waals surface area (Å²) in [7, 11) is 0. The zero-order chi connectivity index (χ0) is 29.9. The minimum atomic E-state index is -0.964. The van der Waals surface area contributed by atoms with E-state index in [4.69, 9.17) is 16.3 Å². The summed E-state index contributed by atoms with van der Waals surface area (Å²) in [5.41, 5.74) is 4.95. The third-order valence-corrected chi connectivity index (χ3v) is 8.19. The van der Waals surface area contributed by atoms with Gasteiger partial charge in [0.05, 0.1) is 11.3 Å². The highest BCUT2D eigenvalue weighted by molar-refractivity contribution is 6.30. The third kappa shape index (κ3) is 7.14. The van der Waals surface area contributed by atoms with E-state index in [1.807, 2.05) is 67.3 Å². The highest BCUT2D eigenvalue weighted by atomic mass is 35.5. The Labute approximate surface area is 254 Å². The number of urea groups is 1. The molecule has 1 fully saturated rings. The van der Waals surface area contributed by atoms with Gasteiger partial charge in [-0.2, -0.15) is 0 Å². The SMILES string of the molecule is CC(C)NC(=O)N(Cc1ccc(Cl)cc1)C1CCN(CCC=C2c3cc(C(C)(C)O)ccc3OCc3ncccc32)C1. The van der Waals surface area contributed by atoms with Crippen molar-refractivity contribution in [3.8, 4) is 5.75 Å². The Bertz CT molecular complexity index is 1430. The van der Waals surface area contributed by atoms with Crippen molar-refractivity contribution in [3.63, 3.8) is 0 Å². The third-order valence-electron chi connectivity index (χ3n) is 7.94. The molecule has 0 spiro atoms. The predicted octanol–water partition coefficient (Wildman–Crippen LogP) is 6.37. The number of aliphatic hydroxyl groups is 1. The lowest BCUT2D eigenvalue weighted by Gasteiger charge is -2.30. The zero-order valence-electron chi connectivity index (χ0n) is 24.9. The molecule has 0 radical (unpaired) electrons. The number of amides is 2. The lowest BCUT2D eigenvalue weighted by molar-refractivity contribution is 0.0785. The van der Waals surface area contributed by atoms with Gasteiger partial charge in [-0.3, -0.25) is 4.98 Å². The van der Waals surface area contributed by atoms with Crippen LogP contribution in [0.3, 0.4) is 0 Å². The molecule has 0 bridgehead atoms. The van der Waals surface area contributed by atoms with Crippen LogP contribution in [0.15, 0.2) is 66.9 Å². The Morgan fingerprint density at radius 2 is 2.00 bits per heavy atom. The van der Waals surface area contributed by atoms with Gasteiger partial charge in [0.1, 0.15) is 12.4 Å². The van der Waals surface area contributed by atoms with E-state index in [1.165, 1.54) is 0 Å². The molecule has 3 heterocycles. The summed E-state index contributed by atoms with van der Waals surface area (Å²) < 4.78 is 6.15. The fourth-order valence-corrected chi connectivity index (χ4v) is 5.83. The summed E-state index contributed by atoms with van der Waals surface area (Å²) in [6.07, 6.45) is 5.83. The molecule has 1 unspecified atom stereocenters. The maximum absolute atomic E-state index is 13.2. The van der Waals surface area contributed by atoms with Gasteiger partial charge in [0.25, 0.3) is 0 Å². The number of nitrogens with zero attached hydrogens (tertiary/aromatic N) is 3. The van der Waals surface area contributed by atoms with Crippen LogP contribution in [-0.4, -0.2) is 57.6 Å². The number of benzene rings is 2. The Morgan fingerprint density at radius 1 is 1.21 bits per heavy atom. The average molecular weight is 589 g/mol. The van der Waals surface area contributed by atoms with Gasteiger partial charge >= 0.3 is 6.03 Å². The highest BCUT2D eigenvalue weighted by Gasteiger charge is 2.31. The van der Waals surface area contributed by atoms with Gasteiger partial charge in [-0.15, -0.1) is 0 Å². The van der Waals surface area contributed by atoms with Gasteiger partial charge in [0.15, 0.2) is 0 Å². The molecule has 1 saturated heterocycles. The van der Waals surface area contributed by atoms with Gasteiger partial charge in [0.2, 0.25) is 0 Å². The first kappa shape index (κ1) is 30.1. The van der Waals surface area contributed by atoms with E-state index >= 15 is 0 Å². The van der Waals surface area contributed by atoms with E-state index in [-0.39, 0.29) is 18.1 Å². The molecule has 8 heteroatoms. The molecule has 0 saturated carbocycles. The van der Waals surface area contributed by atoms with Gasteiger partial charge in [0, 0.05) is 60.6 Å². The van der Waals surface area contributed by atoms with E-state index in [0.717, 1.165) is 71.7 Å². The van der Waals surface area contributed by atoms with Crippen molar-refractivity contribution in [1.82, 2.24) is 20.1 Å². The van der Waals surface area contributed by atoms with Crippen molar-refractivity contribution >= 4 is 23.2 Å². The normalized spacial score (nSPS) is 17.9. The van der Waals surface area contributed by atoms with Gasteiger partial charge in [-0.05, 0) is 87.6 Å². The number of rotatable bonds is 8. The summed E-state index contributed by atoms with van der Waals surface area (Å²) in [6, 6.07) is 17.8. The molecule has 2 amide bonds. The summed E-state index contributed by atoms with van der Waals surface area (Å²) in [4.78, 5) is 22.2. The minimum absolute atomic E-state index is 0.0318. The molecule has 222 valence electrons.